The van der Waals surface area contributed by atoms with Crippen LogP contribution in [0.2, 0.25) is 0 Å². The van der Waals surface area contributed by atoms with Crippen molar-refractivity contribution in [3.05, 3.63) is 0 Å². The number of nitrogens with one attached hydrogen (secondary N) is 2. The van der Waals surface area contributed by atoms with Crippen LogP contribution in [-0.2, 0) is 4.79 Å². The number of carbonyl (C=O) groups is 2. The summed E-state index contributed by atoms with van der Waals surface area (Å²) >= 11 is 1.63. The first-order valence-corrected chi connectivity index (χ1v) is 5.90. The van der Waals surface area contributed by atoms with Crippen molar-refractivity contribution in [1.29, 1.82) is 0 Å². The van der Waals surface area contributed by atoms with E-state index in [2.05, 4.69) is 10.6 Å². The summed E-state index contributed by atoms with van der Waals surface area (Å²) in [6.07, 6.45) is 1.95. The largest absolute Gasteiger partial charge is 0.480 e. The maximum absolute atomic E-state index is 11.3. The van der Waals surface area contributed by atoms with Crippen molar-refractivity contribution < 1.29 is 14.7 Å². The van der Waals surface area contributed by atoms with E-state index in [0.29, 0.717) is 11.8 Å². The second kappa shape index (κ2) is 5.85. The molecule has 0 rings (SSSR count). The van der Waals surface area contributed by atoms with Crippen LogP contribution in [-0.4, -0.2) is 40.7 Å². The first-order valence-electron chi connectivity index (χ1n) is 4.61. The molecule has 6 heteroatoms. The Kier molecular flexibility index (Phi) is 5.49. The Labute approximate surface area is 94.0 Å². The van der Waals surface area contributed by atoms with Crippen molar-refractivity contribution in [1.82, 2.24) is 10.6 Å². The van der Waals surface area contributed by atoms with E-state index < -0.39 is 17.5 Å². The summed E-state index contributed by atoms with van der Waals surface area (Å²) in [5.74, 6) is -1.06. The third kappa shape index (κ3) is 5.51. The maximum Gasteiger partial charge on any atom is 0.328 e. The van der Waals surface area contributed by atoms with Gasteiger partial charge in [-0.2, -0.15) is 11.8 Å². The molecule has 0 aromatic rings. The predicted octanol–water partition coefficient (Wildman–Crippen LogP) is 0.900. The Hall–Kier alpha value is -0.910. The highest BCUT2D eigenvalue weighted by atomic mass is 32.2. The zero-order valence-electron chi connectivity index (χ0n) is 9.46. The third-order valence-corrected chi connectivity index (χ3v) is 2.88. The molecule has 0 aromatic carbocycles. The normalized spacial score (nSPS) is 13.1. The lowest BCUT2D eigenvalue weighted by molar-refractivity contribution is -0.142. The van der Waals surface area contributed by atoms with E-state index in [4.69, 9.17) is 5.11 Å². The average molecular weight is 234 g/mol. The molecule has 0 aliphatic heterocycles. The van der Waals surface area contributed by atoms with Gasteiger partial charge in [-0.15, -0.1) is 0 Å². The monoisotopic (exact) mass is 234 g/mol. The molecule has 2 amide bonds. The van der Waals surface area contributed by atoms with E-state index in [1.165, 1.54) is 13.8 Å². The van der Waals surface area contributed by atoms with Crippen molar-refractivity contribution in [2.45, 2.75) is 31.6 Å². The molecule has 0 radical (unpaired) electrons. The fourth-order valence-corrected chi connectivity index (χ4v) is 0.951. The second-order valence-electron chi connectivity index (χ2n) is 3.81. The molecule has 3 N–H and O–H groups in total. The number of urea groups is 1. The van der Waals surface area contributed by atoms with Gasteiger partial charge in [-0.1, -0.05) is 6.92 Å². The Morgan fingerprint density at radius 1 is 1.47 bits per heavy atom. The summed E-state index contributed by atoms with van der Waals surface area (Å²) in [5, 5.41) is 14.1. The minimum absolute atomic E-state index is 0.309. The van der Waals surface area contributed by atoms with E-state index >= 15 is 0 Å². The highest BCUT2D eigenvalue weighted by molar-refractivity contribution is 7.99. The van der Waals surface area contributed by atoms with Crippen LogP contribution in [0, 0.1) is 0 Å². The standard InChI is InChI=1S/C9H18N2O3S/c1-6(15-4)5-10-8(14)11-9(2,3)7(12)13/h6H,5H2,1-4H3,(H,12,13)(H2,10,11,14). The van der Waals surface area contributed by atoms with Crippen LogP contribution in [0.3, 0.4) is 0 Å². The zero-order valence-corrected chi connectivity index (χ0v) is 10.3. The maximum atomic E-state index is 11.3. The minimum Gasteiger partial charge on any atom is -0.480 e. The molecule has 0 saturated carbocycles. The Bertz CT molecular complexity index is 244. The number of hydrogen-bond acceptors (Lipinski definition) is 3. The summed E-state index contributed by atoms with van der Waals surface area (Å²) in [6.45, 7) is 5.37. The molecule has 88 valence electrons. The molecule has 1 unspecified atom stereocenters. The van der Waals surface area contributed by atoms with E-state index in [0.717, 1.165) is 0 Å². The molecular formula is C9H18N2O3S. The van der Waals surface area contributed by atoms with Crippen molar-refractivity contribution in [2.75, 3.05) is 12.8 Å². The lowest BCUT2D eigenvalue weighted by Crippen LogP contribution is -2.53. The molecule has 0 aromatic heterocycles. The molecule has 0 bridgehead atoms. The van der Waals surface area contributed by atoms with Gasteiger partial charge >= 0.3 is 12.0 Å². The molecule has 0 spiro atoms. The molecule has 15 heavy (non-hydrogen) atoms. The number of amides is 2. The number of rotatable bonds is 5. The van der Waals surface area contributed by atoms with Gasteiger partial charge in [-0.05, 0) is 20.1 Å². The molecule has 0 heterocycles. The summed E-state index contributed by atoms with van der Waals surface area (Å²) in [6, 6.07) is -0.455. The van der Waals surface area contributed by atoms with Gasteiger partial charge in [0.05, 0.1) is 0 Å². The van der Waals surface area contributed by atoms with Gasteiger partial charge in [0.2, 0.25) is 0 Å². The first kappa shape index (κ1) is 14.1. The van der Waals surface area contributed by atoms with Crippen LogP contribution in [0.4, 0.5) is 4.79 Å². The van der Waals surface area contributed by atoms with E-state index in [1.807, 2.05) is 13.2 Å². The van der Waals surface area contributed by atoms with Crippen LogP contribution < -0.4 is 10.6 Å². The number of carbonyl (C=O) groups excluding carboxylic acids is 1. The summed E-state index contributed by atoms with van der Waals surface area (Å²) in [5.41, 5.74) is -1.24. The average Bonchev–Trinajstić information content (AvgIpc) is 2.13. The zero-order chi connectivity index (χ0) is 12.1. The van der Waals surface area contributed by atoms with Crippen LogP contribution in [0.1, 0.15) is 20.8 Å². The number of hydrogen-bond donors (Lipinski definition) is 3. The Balaban J connectivity index is 3.99. The Morgan fingerprint density at radius 2 is 2.00 bits per heavy atom. The topological polar surface area (TPSA) is 78.4 Å². The number of thioether (sulfide) groups is 1. The first-order chi connectivity index (χ1) is 6.79. The highest BCUT2D eigenvalue weighted by Crippen LogP contribution is 2.03. The minimum atomic E-state index is -1.24. The van der Waals surface area contributed by atoms with E-state index in [9.17, 15) is 9.59 Å². The van der Waals surface area contributed by atoms with Crippen LogP contribution >= 0.6 is 11.8 Å². The molecule has 0 aliphatic rings. The van der Waals surface area contributed by atoms with E-state index in [1.54, 1.807) is 11.8 Å². The molecule has 0 fully saturated rings. The van der Waals surface area contributed by atoms with Crippen molar-refractivity contribution in [3.8, 4) is 0 Å². The molecule has 5 nitrogen and oxygen atoms in total. The van der Waals surface area contributed by atoms with Gasteiger partial charge < -0.3 is 15.7 Å². The molecule has 1 atom stereocenters. The Morgan fingerprint density at radius 3 is 2.40 bits per heavy atom. The summed E-state index contributed by atoms with van der Waals surface area (Å²) in [4.78, 5) is 22.0. The van der Waals surface area contributed by atoms with Gasteiger partial charge in [0, 0.05) is 11.8 Å². The van der Waals surface area contributed by atoms with Gasteiger partial charge in [0.25, 0.3) is 0 Å². The fourth-order valence-electron chi connectivity index (χ4n) is 0.701. The number of aliphatic carboxylic acids is 1. The molecule has 0 aliphatic carbocycles. The number of carboxylic acids is 1. The van der Waals surface area contributed by atoms with Crippen LogP contribution in [0.5, 0.6) is 0 Å². The highest BCUT2D eigenvalue weighted by Gasteiger charge is 2.28. The van der Waals surface area contributed by atoms with E-state index in [-0.39, 0.29) is 0 Å². The summed E-state index contributed by atoms with van der Waals surface area (Å²) in [7, 11) is 0. The lowest BCUT2D eigenvalue weighted by Gasteiger charge is -2.21. The van der Waals surface area contributed by atoms with Crippen molar-refractivity contribution >= 4 is 23.8 Å². The SMILES string of the molecule is CSC(C)CNC(=O)NC(C)(C)C(=O)O. The third-order valence-electron chi connectivity index (χ3n) is 1.91. The number of carboxylic acid groups (broad SMARTS) is 1. The molecular weight excluding hydrogens is 216 g/mol. The summed E-state index contributed by atoms with van der Waals surface area (Å²) < 4.78 is 0. The van der Waals surface area contributed by atoms with Gasteiger partial charge in [-0.3, -0.25) is 0 Å². The van der Waals surface area contributed by atoms with Gasteiger partial charge in [0.15, 0.2) is 0 Å². The van der Waals surface area contributed by atoms with Crippen LogP contribution in [0.25, 0.3) is 0 Å². The fraction of sp³-hybridized carbons (Fsp3) is 0.778. The van der Waals surface area contributed by atoms with Crippen LogP contribution in [0.15, 0.2) is 0 Å². The predicted molar refractivity (Wildman–Crippen MR) is 61.2 cm³/mol. The second-order valence-corrected chi connectivity index (χ2v) is 5.09. The van der Waals surface area contributed by atoms with Gasteiger partial charge in [-0.25, -0.2) is 9.59 Å². The lowest BCUT2D eigenvalue weighted by atomic mass is 10.1. The molecule has 0 saturated heterocycles. The van der Waals surface area contributed by atoms with Crippen molar-refractivity contribution in [3.63, 3.8) is 0 Å². The van der Waals surface area contributed by atoms with Crippen molar-refractivity contribution in [2.24, 2.45) is 0 Å². The smallest absolute Gasteiger partial charge is 0.328 e. The quantitative estimate of drug-likeness (QED) is 0.660. The van der Waals surface area contributed by atoms with Gasteiger partial charge in [0.1, 0.15) is 5.54 Å².